The SMILES string of the molecule is Cn1cc(O)nc1-c1ncccc1Cl. The standard InChI is InChI=1S/C9H8ClN3O/c1-13-5-7(14)12-9(13)8-6(10)3-2-4-11-8/h2-5,14H,1H3. The van der Waals surface area contributed by atoms with E-state index in [1.54, 1.807) is 29.9 Å². The predicted molar refractivity (Wildman–Crippen MR) is 53.1 cm³/mol. The zero-order chi connectivity index (χ0) is 10.1. The highest BCUT2D eigenvalue weighted by Crippen LogP contribution is 2.25. The maximum atomic E-state index is 9.18. The van der Waals surface area contributed by atoms with Crippen molar-refractivity contribution in [1.82, 2.24) is 14.5 Å². The largest absolute Gasteiger partial charge is 0.492 e. The Hall–Kier alpha value is -1.55. The molecule has 0 atom stereocenters. The number of nitrogens with zero attached hydrogens (tertiary/aromatic N) is 3. The third-order valence-electron chi connectivity index (χ3n) is 1.83. The van der Waals surface area contributed by atoms with Crippen LogP contribution in [0.1, 0.15) is 0 Å². The molecule has 0 radical (unpaired) electrons. The summed E-state index contributed by atoms with van der Waals surface area (Å²) < 4.78 is 1.67. The highest BCUT2D eigenvalue weighted by Gasteiger charge is 2.11. The van der Waals surface area contributed by atoms with Crippen molar-refractivity contribution in [1.29, 1.82) is 0 Å². The molecule has 72 valence electrons. The molecule has 0 aromatic carbocycles. The Morgan fingerprint density at radius 1 is 1.50 bits per heavy atom. The average Bonchev–Trinajstić information content (AvgIpc) is 2.46. The molecule has 0 spiro atoms. The molecule has 0 saturated heterocycles. The summed E-state index contributed by atoms with van der Waals surface area (Å²) in [6.45, 7) is 0. The maximum Gasteiger partial charge on any atom is 0.229 e. The van der Waals surface area contributed by atoms with Crippen LogP contribution in [0.15, 0.2) is 24.5 Å². The van der Waals surface area contributed by atoms with Gasteiger partial charge in [-0.15, -0.1) is 0 Å². The van der Waals surface area contributed by atoms with E-state index in [0.29, 0.717) is 16.5 Å². The summed E-state index contributed by atoms with van der Waals surface area (Å²) in [5.41, 5.74) is 0.567. The summed E-state index contributed by atoms with van der Waals surface area (Å²) in [5.74, 6) is 0.511. The second-order valence-electron chi connectivity index (χ2n) is 2.87. The first-order chi connectivity index (χ1) is 6.68. The normalized spacial score (nSPS) is 10.4. The van der Waals surface area contributed by atoms with Crippen molar-refractivity contribution < 1.29 is 5.11 Å². The summed E-state index contributed by atoms with van der Waals surface area (Å²) in [6, 6.07) is 3.48. The van der Waals surface area contributed by atoms with Gasteiger partial charge in [0.1, 0.15) is 5.69 Å². The first-order valence-electron chi connectivity index (χ1n) is 4.01. The summed E-state index contributed by atoms with van der Waals surface area (Å²) in [4.78, 5) is 8.01. The van der Waals surface area contributed by atoms with E-state index in [1.165, 1.54) is 6.20 Å². The van der Waals surface area contributed by atoms with Crippen LogP contribution in [0.2, 0.25) is 5.02 Å². The lowest BCUT2D eigenvalue weighted by molar-refractivity contribution is 0.456. The van der Waals surface area contributed by atoms with Crippen molar-refractivity contribution in [2.24, 2.45) is 7.05 Å². The Kier molecular flexibility index (Phi) is 2.13. The van der Waals surface area contributed by atoms with Crippen LogP contribution in [0, 0.1) is 0 Å². The molecule has 0 unspecified atom stereocenters. The van der Waals surface area contributed by atoms with Gasteiger partial charge >= 0.3 is 0 Å². The van der Waals surface area contributed by atoms with Crippen LogP contribution in [-0.4, -0.2) is 19.6 Å². The van der Waals surface area contributed by atoms with Crippen LogP contribution in [0.3, 0.4) is 0 Å². The fourth-order valence-electron chi connectivity index (χ4n) is 1.22. The number of aromatic nitrogens is 3. The van der Waals surface area contributed by atoms with Gasteiger partial charge in [-0.25, -0.2) is 0 Å². The van der Waals surface area contributed by atoms with Crippen LogP contribution in [0.5, 0.6) is 5.88 Å². The Morgan fingerprint density at radius 3 is 2.86 bits per heavy atom. The fraction of sp³-hybridized carbons (Fsp3) is 0.111. The molecule has 0 aliphatic heterocycles. The molecule has 0 aliphatic rings. The number of pyridine rings is 1. The smallest absolute Gasteiger partial charge is 0.229 e. The molecule has 0 bridgehead atoms. The number of aromatic hydroxyl groups is 1. The molecule has 2 rings (SSSR count). The molecule has 0 fully saturated rings. The van der Waals surface area contributed by atoms with Gasteiger partial charge in [0.25, 0.3) is 0 Å². The number of rotatable bonds is 1. The van der Waals surface area contributed by atoms with Gasteiger partial charge in [-0.3, -0.25) is 4.98 Å². The molecule has 2 aromatic rings. The molecular weight excluding hydrogens is 202 g/mol. The van der Waals surface area contributed by atoms with Crippen LogP contribution in [0.25, 0.3) is 11.5 Å². The van der Waals surface area contributed by atoms with Crippen LogP contribution >= 0.6 is 11.6 Å². The molecule has 2 heterocycles. The van der Waals surface area contributed by atoms with E-state index in [0.717, 1.165) is 0 Å². The van der Waals surface area contributed by atoms with Gasteiger partial charge in [-0.05, 0) is 12.1 Å². The van der Waals surface area contributed by atoms with E-state index in [2.05, 4.69) is 9.97 Å². The van der Waals surface area contributed by atoms with Crippen molar-refractivity contribution in [3.8, 4) is 17.4 Å². The lowest BCUT2D eigenvalue weighted by Gasteiger charge is -2.01. The molecule has 0 amide bonds. The van der Waals surface area contributed by atoms with Crippen molar-refractivity contribution >= 4 is 11.6 Å². The Labute approximate surface area is 85.8 Å². The number of hydrogen-bond acceptors (Lipinski definition) is 3. The van der Waals surface area contributed by atoms with Gasteiger partial charge in [0.05, 0.1) is 11.2 Å². The summed E-state index contributed by atoms with van der Waals surface area (Å²) in [5, 5.41) is 9.70. The Balaban J connectivity index is 2.60. The van der Waals surface area contributed by atoms with Crippen molar-refractivity contribution in [2.75, 3.05) is 0 Å². The van der Waals surface area contributed by atoms with Crippen LogP contribution < -0.4 is 0 Å². The summed E-state index contributed by atoms with van der Waals surface area (Å²) in [7, 11) is 1.77. The average molecular weight is 210 g/mol. The van der Waals surface area contributed by atoms with E-state index < -0.39 is 0 Å². The van der Waals surface area contributed by atoms with Gasteiger partial charge in [0, 0.05) is 13.2 Å². The highest BCUT2D eigenvalue weighted by atomic mass is 35.5. The number of hydrogen-bond donors (Lipinski definition) is 1. The van der Waals surface area contributed by atoms with Gasteiger partial charge in [-0.2, -0.15) is 4.98 Å². The predicted octanol–water partition coefficient (Wildman–Crippen LogP) is 1.84. The molecule has 5 heteroatoms. The minimum atomic E-state index is -0.0378. The van der Waals surface area contributed by atoms with E-state index in [4.69, 9.17) is 11.6 Å². The number of aryl methyl sites for hydroxylation is 1. The topological polar surface area (TPSA) is 50.9 Å². The minimum Gasteiger partial charge on any atom is -0.492 e. The van der Waals surface area contributed by atoms with E-state index in [-0.39, 0.29) is 5.88 Å². The molecular formula is C9H8ClN3O. The molecule has 14 heavy (non-hydrogen) atoms. The zero-order valence-electron chi connectivity index (χ0n) is 7.48. The van der Waals surface area contributed by atoms with E-state index >= 15 is 0 Å². The number of imidazole rings is 1. The highest BCUT2D eigenvalue weighted by molar-refractivity contribution is 6.32. The van der Waals surface area contributed by atoms with E-state index in [1.807, 2.05) is 0 Å². The molecule has 1 N–H and O–H groups in total. The van der Waals surface area contributed by atoms with E-state index in [9.17, 15) is 5.11 Å². The lowest BCUT2D eigenvalue weighted by atomic mass is 10.3. The third kappa shape index (κ3) is 1.44. The lowest BCUT2D eigenvalue weighted by Crippen LogP contribution is -1.93. The van der Waals surface area contributed by atoms with Gasteiger partial charge in [-0.1, -0.05) is 11.6 Å². The first kappa shape index (κ1) is 9.02. The molecule has 4 nitrogen and oxygen atoms in total. The minimum absolute atomic E-state index is 0.0378. The zero-order valence-corrected chi connectivity index (χ0v) is 8.23. The second kappa shape index (κ2) is 3.31. The molecule has 2 aromatic heterocycles. The maximum absolute atomic E-state index is 9.18. The van der Waals surface area contributed by atoms with Crippen molar-refractivity contribution in [2.45, 2.75) is 0 Å². The monoisotopic (exact) mass is 209 g/mol. The van der Waals surface area contributed by atoms with Crippen LogP contribution in [0.4, 0.5) is 0 Å². The third-order valence-corrected chi connectivity index (χ3v) is 2.14. The second-order valence-corrected chi connectivity index (χ2v) is 3.27. The Morgan fingerprint density at radius 2 is 2.29 bits per heavy atom. The van der Waals surface area contributed by atoms with Gasteiger partial charge < -0.3 is 9.67 Å². The van der Waals surface area contributed by atoms with Gasteiger partial charge in [0.2, 0.25) is 5.88 Å². The molecule has 0 saturated carbocycles. The summed E-state index contributed by atoms with van der Waals surface area (Å²) >= 11 is 5.94. The van der Waals surface area contributed by atoms with Crippen molar-refractivity contribution in [3.05, 3.63) is 29.5 Å². The van der Waals surface area contributed by atoms with Crippen LogP contribution in [-0.2, 0) is 7.05 Å². The fourth-order valence-corrected chi connectivity index (χ4v) is 1.43. The Bertz CT molecular complexity index is 467. The number of halogens is 1. The summed E-state index contributed by atoms with van der Waals surface area (Å²) in [6.07, 6.45) is 3.13. The quantitative estimate of drug-likeness (QED) is 0.780. The van der Waals surface area contributed by atoms with Crippen molar-refractivity contribution in [3.63, 3.8) is 0 Å². The van der Waals surface area contributed by atoms with Gasteiger partial charge in [0.15, 0.2) is 5.82 Å². The molecule has 0 aliphatic carbocycles. The first-order valence-corrected chi connectivity index (χ1v) is 4.39.